The minimum Gasteiger partial charge on any atom is -0.388 e. The lowest BCUT2D eigenvalue weighted by atomic mass is 9.91. The van der Waals surface area contributed by atoms with Gasteiger partial charge in [-0.1, -0.05) is 81.4 Å². The highest BCUT2D eigenvalue weighted by Gasteiger charge is 2.45. The molecule has 2 aromatic rings. The summed E-state index contributed by atoms with van der Waals surface area (Å²) in [5.74, 6) is 0. The lowest BCUT2D eigenvalue weighted by molar-refractivity contribution is 0.0660. The monoisotopic (exact) mass is 328 g/mol. The Morgan fingerprint density at radius 1 is 0.870 bits per heavy atom. The van der Waals surface area contributed by atoms with E-state index in [4.69, 9.17) is 8.85 Å². The van der Waals surface area contributed by atoms with E-state index in [9.17, 15) is 0 Å². The molecular weight excluding hydrogens is 300 g/mol. The van der Waals surface area contributed by atoms with E-state index < -0.39 is 8.56 Å². The standard InChI is InChI=1S/C20H28O2Si/c1-6-21-23(18-13-9-7-10-14-18,19-15-11-8-12-16-19)22-17(2)20(3,4)5/h7-17H,6H2,1-5H3. The van der Waals surface area contributed by atoms with Gasteiger partial charge in [-0.15, -0.1) is 0 Å². The molecule has 1 unspecified atom stereocenters. The van der Waals surface area contributed by atoms with Crippen LogP contribution in [0.25, 0.3) is 0 Å². The van der Waals surface area contributed by atoms with Crippen molar-refractivity contribution in [1.82, 2.24) is 0 Å². The Bertz CT molecular complexity index is 551. The zero-order chi connectivity index (χ0) is 16.9. The molecule has 1 atom stereocenters. The average molecular weight is 329 g/mol. The first-order valence-corrected chi connectivity index (χ1v) is 10.1. The van der Waals surface area contributed by atoms with Crippen LogP contribution < -0.4 is 10.4 Å². The molecule has 0 heterocycles. The third-order valence-corrected chi connectivity index (χ3v) is 7.79. The molecule has 0 fully saturated rings. The van der Waals surface area contributed by atoms with Crippen LogP contribution in [0.2, 0.25) is 0 Å². The number of rotatable bonds is 6. The van der Waals surface area contributed by atoms with Crippen LogP contribution in [0.15, 0.2) is 60.7 Å². The Morgan fingerprint density at radius 2 is 1.30 bits per heavy atom. The van der Waals surface area contributed by atoms with E-state index in [1.165, 1.54) is 0 Å². The molecule has 0 aliphatic rings. The van der Waals surface area contributed by atoms with Gasteiger partial charge in [-0.25, -0.2) is 0 Å². The van der Waals surface area contributed by atoms with E-state index in [0.717, 1.165) is 10.4 Å². The van der Waals surface area contributed by atoms with Gasteiger partial charge < -0.3 is 8.85 Å². The molecule has 23 heavy (non-hydrogen) atoms. The summed E-state index contributed by atoms with van der Waals surface area (Å²) in [6.07, 6.45) is 0.0844. The summed E-state index contributed by atoms with van der Waals surface area (Å²) in [7, 11) is -2.72. The van der Waals surface area contributed by atoms with E-state index in [1.807, 2.05) is 19.1 Å². The van der Waals surface area contributed by atoms with Gasteiger partial charge in [-0.05, 0) is 29.6 Å². The predicted molar refractivity (Wildman–Crippen MR) is 99.5 cm³/mol. The Hall–Kier alpha value is -1.42. The second kappa shape index (κ2) is 7.43. The molecule has 2 nitrogen and oxygen atoms in total. The molecule has 0 aliphatic carbocycles. The molecule has 2 aromatic carbocycles. The molecule has 0 aliphatic heterocycles. The van der Waals surface area contributed by atoms with Crippen LogP contribution in [0.1, 0.15) is 34.6 Å². The van der Waals surface area contributed by atoms with Gasteiger partial charge in [0.15, 0.2) is 0 Å². The van der Waals surface area contributed by atoms with E-state index in [0.29, 0.717) is 6.61 Å². The fraction of sp³-hybridized carbons (Fsp3) is 0.400. The van der Waals surface area contributed by atoms with Gasteiger partial charge in [0.05, 0.1) is 0 Å². The van der Waals surface area contributed by atoms with Crippen molar-refractivity contribution in [2.24, 2.45) is 5.41 Å². The molecule has 3 heteroatoms. The van der Waals surface area contributed by atoms with Gasteiger partial charge in [0.25, 0.3) is 0 Å². The van der Waals surface area contributed by atoms with Crippen LogP contribution in [0.4, 0.5) is 0 Å². The van der Waals surface area contributed by atoms with Crippen LogP contribution in [0.3, 0.4) is 0 Å². The third-order valence-electron chi connectivity index (χ3n) is 4.22. The van der Waals surface area contributed by atoms with E-state index >= 15 is 0 Å². The molecular formula is C20H28O2Si. The third kappa shape index (κ3) is 4.11. The molecule has 0 saturated heterocycles. The summed E-state index contributed by atoms with van der Waals surface area (Å²) < 4.78 is 13.1. The highest BCUT2D eigenvalue weighted by atomic mass is 28.4. The Kier molecular flexibility index (Phi) is 5.79. The fourth-order valence-corrected chi connectivity index (χ4v) is 5.97. The van der Waals surface area contributed by atoms with Crippen LogP contribution in [0.5, 0.6) is 0 Å². The molecule has 2 rings (SSSR count). The summed E-state index contributed by atoms with van der Waals surface area (Å²) in [5, 5.41) is 2.31. The van der Waals surface area contributed by atoms with Crippen LogP contribution in [-0.2, 0) is 8.85 Å². The first-order valence-electron chi connectivity index (χ1n) is 8.33. The Morgan fingerprint density at radius 3 is 1.65 bits per heavy atom. The minimum absolute atomic E-state index is 0.0545. The number of benzene rings is 2. The summed E-state index contributed by atoms with van der Waals surface area (Å²) in [6.45, 7) is 11.4. The fourth-order valence-electron chi connectivity index (χ4n) is 2.45. The Balaban J connectivity index is 2.56. The highest BCUT2D eigenvalue weighted by Crippen LogP contribution is 2.25. The first-order chi connectivity index (χ1) is 10.9. The van der Waals surface area contributed by atoms with Gasteiger partial charge in [0.1, 0.15) is 0 Å². The lowest BCUT2D eigenvalue weighted by Gasteiger charge is -2.38. The molecule has 0 bridgehead atoms. The van der Waals surface area contributed by atoms with Gasteiger partial charge in [0.2, 0.25) is 0 Å². The SMILES string of the molecule is CCO[Si](OC(C)C(C)(C)C)(c1ccccc1)c1ccccc1. The highest BCUT2D eigenvalue weighted by molar-refractivity contribution is 6.92. The summed E-state index contributed by atoms with van der Waals surface area (Å²) in [4.78, 5) is 0. The quantitative estimate of drug-likeness (QED) is 0.752. The smallest absolute Gasteiger partial charge is 0.388 e. The molecule has 0 saturated carbocycles. The summed E-state index contributed by atoms with van der Waals surface area (Å²) in [6, 6.07) is 20.8. The van der Waals surface area contributed by atoms with Crippen molar-refractivity contribution in [1.29, 1.82) is 0 Å². The van der Waals surface area contributed by atoms with Crippen molar-refractivity contribution in [2.75, 3.05) is 6.61 Å². The maximum atomic E-state index is 6.73. The van der Waals surface area contributed by atoms with Crippen LogP contribution >= 0.6 is 0 Å². The van der Waals surface area contributed by atoms with Crippen molar-refractivity contribution < 1.29 is 8.85 Å². The van der Waals surface area contributed by atoms with E-state index in [1.54, 1.807) is 0 Å². The average Bonchev–Trinajstić information content (AvgIpc) is 2.55. The second-order valence-electron chi connectivity index (χ2n) is 6.91. The molecule has 0 spiro atoms. The van der Waals surface area contributed by atoms with Gasteiger partial charge in [-0.3, -0.25) is 0 Å². The van der Waals surface area contributed by atoms with Crippen LogP contribution in [0, 0.1) is 5.41 Å². The molecule has 124 valence electrons. The zero-order valence-electron chi connectivity index (χ0n) is 14.9. The normalized spacial score (nSPS) is 13.8. The van der Waals surface area contributed by atoms with Crippen molar-refractivity contribution in [2.45, 2.75) is 40.7 Å². The summed E-state index contributed by atoms with van der Waals surface area (Å²) >= 11 is 0. The largest absolute Gasteiger partial charge is 0.407 e. The zero-order valence-corrected chi connectivity index (χ0v) is 15.9. The number of hydrogen-bond acceptors (Lipinski definition) is 2. The van der Waals surface area contributed by atoms with Crippen molar-refractivity contribution in [3.05, 3.63) is 60.7 Å². The molecule has 0 aromatic heterocycles. The van der Waals surface area contributed by atoms with Gasteiger partial charge in [0, 0.05) is 12.7 Å². The maximum absolute atomic E-state index is 6.73. The van der Waals surface area contributed by atoms with Gasteiger partial charge >= 0.3 is 8.56 Å². The number of hydrogen-bond donors (Lipinski definition) is 0. The lowest BCUT2D eigenvalue weighted by Crippen LogP contribution is -2.65. The minimum atomic E-state index is -2.72. The molecule has 0 amide bonds. The maximum Gasteiger partial charge on any atom is 0.407 e. The Labute approximate surface area is 141 Å². The van der Waals surface area contributed by atoms with Crippen molar-refractivity contribution >= 4 is 18.9 Å². The molecule has 0 N–H and O–H groups in total. The van der Waals surface area contributed by atoms with Crippen molar-refractivity contribution in [3.8, 4) is 0 Å². The predicted octanol–water partition coefficient (Wildman–Crippen LogP) is 3.73. The van der Waals surface area contributed by atoms with E-state index in [2.05, 4.69) is 76.2 Å². The first kappa shape index (κ1) is 17.9. The van der Waals surface area contributed by atoms with Gasteiger partial charge in [-0.2, -0.15) is 0 Å². The summed E-state index contributed by atoms with van der Waals surface area (Å²) in [5.41, 5.74) is 0.0545. The van der Waals surface area contributed by atoms with E-state index in [-0.39, 0.29) is 11.5 Å². The topological polar surface area (TPSA) is 18.5 Å². The van der Waals surface area contributed by atoms with Crippen LogP contribution in [-0.4, -0.2) is 21.3 Å². The molecule has 0 radical (unpaired) electrons. The second-order valence-corrected chi connectivity index (χ2v) is 9.82. The van der Waals surface area contributed by atoms with Crippen molar-refractivity contribution in [3.63, 3.8) is 0 Å².